The maximum atomic E-state index is 13.3. The van der Waals surface area contributed by atoms with E-state index < -0.39 is 5.91 Å². The number of amides is 2. The van der Waals surface area contributed by atoms with Gasteiger partial charge in [-0.1, -0.05) is 72.1 Å². The molecule has 0 bridgehead atoms. The monoisotopic (exact) mass is 546 g/mol. The number of rotatable bonds is 6. The van der Waals surface area contributed by atoms with Crippen LogP contribution in [0.5, 0.6) is 0 Å². The standard InChI is InChI=1S/C33H27ClN4O2/c1-38(2)21-23-11-15-26(16-12-23)36-32(24-7-4-3-5-8-24)31-28-17-13-22(19-29(28)37-33(31)40)14-18-30(39)35-27-10-6-9-25(34)20-27/h3-13,15-17,19-20,36H,21H2,1-2H3,(H,35,39)(H,37,40). The molecule has 1 heterocycles. The van der Waals surface area contributed by atoms with Crippen LogP contribution in [0, 0.1) is 11.8 Å². The van der Waals surface area contributed by atoms with Crippen LogP contribution in [0.3, 0.4) is 0 Å². The van der Waals surface area contributed by atoms with Crippen molar-refractivity contribution in [3.05, 3.63) is 124 Å². The van der Waals surface area contributed by atoms with E-state index in [2.05, 4.69) is 44.8 Å². The average Bonchev–Trinajstić information content (AvgIpc) is 3.26. The van der Waals surface area contributed by atoms with Crippen molar-refractivity contribution in [1.82, 2.24) is 4.90 Å². The summed E-state index contributed by atoms with van der Waals surface area (Å²) in [4.78, 5) is 27.7. The van der Waals surface area contributed by atoms with Crippen LogP contribution in [-0.4, -0.2) is 30.8 Å². The maximum absolute atomic E-state index is 13.3. The molecule has 0 spiro atoms. The molecule has 0 aliphatic carbocycles. The SMILES string of the molecule is CN(C)Cc1ccc(NC(=C2C(=O)Nc3cc(C#CC(=O)Nc4cccc(Cl)c4)ccc32)c2ccccc2)cc1. The minimum atomic E-state index is -0.459. The Morgan fingerprint density at radius 2 is 1.65 bits per heavy atom. The largest absolute Gasteiger partial charge is 0.354 e. The normalized spacial score (nSPS) is 13.2. The summed E-state index contributed by atoms with van der Waals surface area (Å²) in [5.41, 5.74) is 6.77. The third-order valence-corrected chi connectivity index (χ3v) is 6.44. The van der Waals surface area contributed by atoms with Crippen LogP contribution in [0.15, 0.2) is 97.1 Å². The minimum Gasteiger partial charge on any atom is -0.354 e. The summed E-state index contributed by atoms with van der Waals surface area (Å²) in [5.74, 6) is 4.80. The fourth-order valence-corrected chi connectivity index (χ4v) is 4.63. The van der Waals surface area contributed by atoms with E-state index in [1.165, 1.54) is 5.56 Å². The molecular formula is C33H27ClN4O2. The summed E-state index contributed by atoms with van der Waals surface area (Å²) in [6.07, 6.45) is 0. The number of anilines is 3. The molecule has 6 nitrogen and oxygen atoms in total. The molecule has 0 saturated heterocycles. The van der Waals surface area contributed by atoms with Gasteiger partial charge in [-0.15, -0.1) is 0 Å². The molecule has 0 saturated carbocycles. The molecule has 7 heteroatoms. The van der Waals surface area contributed by atoms with Crippen LogP contribution < -0.4 is 16.0 Å². The molecule has 1 aliphatic heterocycles. The Labute approximate surface area is 238 Å². The molecule has 198 valence electrons. The van der Waals surface area contributed by atoms with E-state index in [-0.39, 0.29) is 5.91 Å². The lowest BCUT2D eigenvalue weighted by Gasteiger charge is -2.16. The number of halogens is 1. The molecule has 0 fully saturated rings. The summed E-state index contributed by atoms with van der Waals surface area (Å²) in [5, 5.41) is 9.68. The van der Waals surface area contributed by atoms with Crippen molar-refractivity contribution < 1.29 is 9.59 Å². The van der Waals surface area contributed by atoms with Crippen LogP contribution in [0.1, 0.15) is 22.3 Å². The Kier molecular flexibility index (Phi) is 7.97. The van der Waals surface area contributed by atoms with Crippen molar-refractivity contribution >= 4 is 51.7 Å². The number of hydrogen-bond donors (Lipinski definition) is 3. The summed E-state index contributed by atoms with van der Waals surface area (Å²) in [6.45, 7) is 0.843. The van der Waals surface area contributed by atoms with Gasteiger partial charge in [-0.2, -0.15) is 0 Å². The predicted molar refractivity (Wildman–Crippen MR) is 163 cm³/mol. The van der Waals surface area contributed by atoms with Gasteiger partial charge >= 0.3 is 5.91 Å². The van der Waals surface area contributed by atoms with Gasteiger partial charge in [0, 0.05) is 40.0 Å². The van der Waals surface area contributed by atoms with Gasteiger partial charge in [-0.3, -0.25) is 9.59 Å². The molecule has 1 aliphatic rings. The zero-order chi connectivity index (χ0) is 28.1. The Morgan fingerprint density at radius 1 is 0.875 bits per heavy atom. The van der Waals surface area contributed by atoms with Crippen molar-refractivity contribution in [3.63, 3.8) is 0 Å². The first kappa shape index (κ1) is 26.8. The fraction of sp³-hybridized carbons (Fsp3) is 0.0909. The number of nitrogens with one attached hydrogen (secondary N) is 3. The first-order valence-electron chi connectivity index (χ1n) is 12.7. The highest BCUT2D eigenvalue weighted by atomic mass is 35.5. The van der Waals surface area contributed by atoms with E-state index in [0.717, 1.165) is 23.4 Å². The average molecular weight is 547 g/mol. The quantitative estimate of drug-likeness (QED) is 0.195. The second-order valence-electron chi connectivity index (χ2n) is 9.60. The van der Waals surface area contributed by atoms with Crippen molar-refractivity contribution in [2.75, 3.05) is 30.0 Å². The number of fused-ring (bicyclic) bond motifs is 1. The second kappa shape index (κ2) is 11.9. The maximum Gasteiger partial charge on any atom is 0.300 e. The topological polar surface area (TPSA) is 73.5 Å². The van der Waals surface area contributed by atoms with E-state index in [4.69, 9.17) is 11.6 Å². The lowest BCUT2D eigenvalue weighted by atomic mass is 9.99. The third kappa shape index (κ3) is 6.41. The van der Waals surface area contributed by atoms with Gasteiger partial charge in [0.1, 0.15) is 0 Å². The highest BCUT2D eigenvalue weighted by molar-refractivity contribution is 6.37. The molecule has 0 atom stereocenters. The van der Waals surface area contributed by atoms with Crippen LogP contribution in [0.4, 0.5) is 17.1 Å². The molecule has 3 N–H and O–H groups in total. The molecule has 5 rings (SSSR count). The fourth-order valence-electron chi connectivity index (χ4n) is 4.44. The van der Waals surface area contributed by atoms with E-state index in [9.17, 15) is 9.59 Å². The Balaban J connectivity index is 1.44. The number of benzene rings is 4. The predicted octanol–water partition coefficient (Wildman–Crippen LogP) is 6.32. The van der Waals surface area contributed by atoms with Gasteiger partial charge in [0.25, 0.3) is 5.91 Å². The van der Waals surface area contributed by atoms with E-state index >= 15 is 0 Å². The Hall–Kier alpha value is -4.83. The van der Waals surface area contributed by atoms with Gasteiger partial charge in [-0.25, -0.2) is 0 Å². The van der Waals surface area contributed by atoms with Crippen molar-refractivity contribution in [1.29, 1.82) is 0 Å². The second-order valence-corrected chi connectivity index (χ2v) is 10.0. The van der Waals surface area contributed by atoms with Crippen molar-refractivity contribution in [3.8, 4) is 11.8 Å². The molecule has 0 unspecified atom stereocenters. The van der Waals surface area contributed by atoms with E-state index in [0.29, 0.717) is 33.2 Å². The van der Waals surface area contributed by atoms with Crippen molar-refractivity contribution in [2.24, 2.45) is 0 Å². The molecule has 2 amide bonds. The van der Waals surface area contributed by atoms with Gasteiger partial charge in [0.15, 0.2) is 0 Å². The molecule has 0 radical (unpaired) electrons. The number of nitrogens with zero attached hydrogens (tertiary/aromatic N) is 1. The summed E-state index contributed by atoms with van der Waals surface area (Å²) < 4.78 is 0. The van der Waals surface area contributed by atoms with Gasteiger partial charge in [0.05, 0.1) is 17.0 Å². The van der Waals surface area contributed by atoms with Crippen LogP contribution >= 0.6 is 11.6 Å². The van der Waals surface area contributed by atoms with E-state index in [1.54, 1.807) is 36.4 Å². The van der Waals surface area contributed by atoms with Crippen LogP contribution in [0.2, 0.25) is 5.02 Å². The summed E-state index contributed by atoms with van der Waals surface area (Å²) in [6, 6.07) is 30.3. The van der Waals surface area contributed by atoms with Gasteiger partial charge in [0.2, 0.25) is 0 Å². The molecule has 0 aromatic heterocycles. The number of carbonyl (C=O) groups is 2. The zero-order valence-electron chi connectivity index (χ0n) is 22.1. The smallest absolute Gasteiger partial charge is 0.300 e. The van der Waals surface area contributed by atoms with Gasteiger partial charge < -0.3 is 20.9 Å². The Morgan fingerprint density at radius 3 is 2.38 bits per heavy atom. The first-order chi connectivity index (χ1) is 19.4. The van der Waals surface area contributed by atoms with Crippen LogP contribution in [-0.2, 0) is 16.1 Å². The minimum absolute atomic E-state index is 0.214. The van der Waals surface area contributed by atoms with Gasteiger partial charge in [-0.05, 0) is 67.7 Å². The lowest BCUT2D eigenvalue weighted by molar-refractivity contribution is -0.111. The summed E-state index contributed by atoms with van der Waals surface area (Å²) >= 11 is 5.98. The highest BCUT2D eigenvalue weighted by Crippen LogP contribution is 2.38. The van der Waals surface area contributed by atoms with Crippen LogP contribution in [0.25, 0.3) is 11.3 Å². The summed E-state index contributed by atoms with van der Waals surface area (Å²) in [7, 11) is 4.07. The molecule has 4 aromatic carbocycles. The number of hydrogen-bond acceptors (Lipinski definition) is 4. The highest BCUT2D eigenvalue weighted by Gasteiger charge is 2.28. The first-order valence-corrected chi connectivity index (χ1v) is 13.1. The molecule has 4 aromatic rings. The Bertz CT molecular complexity index is 1670. The van der Waals surface area contributed by atoms with E-state index in [1.807, 2.05) is 62.6 Å². The van der Waals surface area contributed by atoms with Crippen molar-refractivity contribution in [2.45, 2.75) is 6.54 Å². The lowest BCUT2D eigenvalue weighted by Crippen LogP contribution is -2.11. The molecule has 40 heavy (non-hydrogen) atoms. The number of carbonyl (C=O) groups excluding carboxylic acids is 2. The molecular weight excluding hydrogens is 520 g/mol. The zero-order valence-corrected chi connectivity index (χ0v) is 22.8. The third-order valence-electron chi connectivity index (χ3n) is 6.20.